The predicted octanol–water partition coefficient (Wildman–Crippen LogP) is 3.42. The first kappa shape index (κ1) is 16.2. The highest BCUT2D eigenvalue weighted by atomic mass is 35.5. The van der Waals surface area contributed by atoms with Crippen LogP contribution in [0, 0.1) is 0 Å². The summed E-state index contributed by atoms with van der Waals surface area (Å²) in [7, 11) is 0. The first-order valence-electron chi connectivity index (χ1n) is 7.50. The monoisotopic (exact) mass is 343 g/mol. The largest absolute Gasteiger partial charge is 0.333 e. The Balaban J connectivity index is 1.56. The zero-order chi connectivity index (χ0) is 17.1. The molecule has 0 N–H and O–H groups in total. The van der Waals surface area contributed by atoms with Gasteiger partial charge in [-0.2, -0.15) is 0 Å². The Morgan fingerprint density at radius 2 is 1.54 bits per heavy atom. The van der Waals surface area contributed by atoms with Gasteiger partial charge < -0.3 is 4.84 Å². The van der Waals surface area contributed by atoms with E-state index in [0.717, 1.165) is 5.56 Å². The van der Waals surface area contributed by atoms with Crippen LogP contribution < -0.4 is 0 Å². The number of hydrogen-bond donors (Lipinski definition) is 0. The average molecular weight is 344 g/mol. The van der Waals surface area contributed by atoms with Gasteiger partial charge in [0.2, 0.25) is 0 Å². The molecule has 0 unspecified atom stereocenters. The molecule has 5 nitrogen and oxygen atoms in total. The second-order valence-electron chi connectivity index (χ2n) is 5.36. The van der Waals surface area contributed by atoms with Crippen molar-refractivity contribution in [2.45, 2.75) is 19.3 Å². The molecule has 0 saturated heterocycles. The maximum absolute atomic E-state index is 12.1. The second-order valence-corrected chi connectivity index (χ2v) is 5.77. The Hall–Kier alpha value is -2.66. The Kier molecular flexibility index (Phi) is 4.62. The molecular formula is C18H14ClNO4. The highest BCUT2D eigenvalue weighted by Gasteiger charge is 2.38. The van der Waals surface area contributed by atoms with Gasteiger partial charge in [-0.15, -0.1) is 0 Å². The molecule has 2 amide bonds. The Morgan fingerprint density at radius 3 is 2.17 bits per heavy atom. The number of benzene rings is 2. The SMILES string of the molecule is O=C(CCCc1ccccc1Cl)ON1C(=O)c2ccccc2C1=O. The van der Waals surface area contributed by atoms with Gasteiger partial charge in [0.25, 0.3) is 11.8 Å². The van der Waals surface area contributed by atoms with Crippen molar-refractivity contribution in [3.63, 3.8) is 0 Å². The van der Waals surface area contributed by atoms with Gasteiger partial charge in [0, 0.05) is 11.4 Å². The summed E-state index contributed by atoms with van der Waals surface area (Å²) in [5.74, 6) is -1.86. The zero-order valence-corrected chi connectivity index (χ0v) is 13.5. The van der Waals surface area contributed by atoms with E-state index in [9.17, 15) is 14.4 Å². The maximum Gasteiger partial charge on any atom is 0.333 e. The van der Waals surface area contributed by atoms with Crippen molar-refractivity contribution in [1.82, 2.24) is 5.06 Å². The van der Waals surface area contributed by atoms with Gasteiger partial charge >= 0.3 is 5.97 Å². The quantitative estimate of drug-likeness (QED) is 0.780. The molecule has 24 heavy (non-hydrogen) atoms. The summed E-state index contributed by atoms with van der Waals surface area (Å²) in [4.78, 5) is 41.0. The topological polar surface area (TPSA) is 63.7 Å². The minimum absolute atomic E-state index is 0.0820. The third-order valence-corrected chi connectivity index (χ3v) is 4.10. The number of hydrogen-bond acceptors (Lipinski definition) is 4. The number of aryl methyl sites for hydroxylation is 1. The standard InChI is InChI=1S/C18H14ClNO4/c19-15-10-4-1-6-12(15)7-5-11-16(21)24-20-17(22)13-8-2-3-9-14(13)18(20)23/h1-4,6,8-10H,5,7,11H2. The number of fused-ring (bicyclic) bond motifs is 1. The van der Waals surface area contributed by atoms with Crippen LogP contribution in [0.15, 0.2) is 48.5 Å². The Morgan fingerprint density at radius 1 is 0.958 bits per heavy atom. The molecule has 1 aliphatic rings. The van der Waals surface area contributed by atoms with Gasteiger partial charge in [-0.25, -0.2) is 4.79 Å². The lowest BCUT2D eigenvalue weighted by Gasteiger charge is -2.12. The number of hydroxylamine groups is 2. The van der Waals surface area contributed by atoms with Crippen molar-refractivity contribution < 1.29 is 19.2 Å². The molecule has 0 fully saturated rings. The summed E-state index contributed by atoms with van der Waals surface area (Å²) < 4.78 is 0. The molecule has 122 valence electrons. The summed E-state index contributed by atoms with van der Waals surface area (Å²) >= 11 is 6.05. The average Bonchev–Trinajstić information content (AvgIpc) is 2.82. The van der Waals surface area contributed by atoms with Crippen LogP contribution in [0.5, 0.6) is 0 Å². The van der Waals surface area contributed by atoms with Crippen molar-refractivity contribution in [2.75, 3.05) is 0 Å². The van der Waals surface area contributed by atoms with Gasteiger partial charge in [-0.3, -0.25) is 9.59 Å². The van der Waals surface area contributed by atoms with E-state index in [-0.39, 0.29) is 17.5 Å². The fourth-order valence-electron chi connectivity index (χ4n) is 2.52. The highest BCUT2D eigenvalue weighted by Crippen LogP contribution is 2.23. The van der Waals surface area contributed by atoms with E-state index in [2.05, 4.69) is 0 Å². The molecule has 3 rings (SSSR count). The third kappa shape index (κ3) is 3.16. The number of carbonyl (C=O) groups excluding carboxylic acids is 3. The summed E-state index contributed by atoms with van der Waals surface area (Å²) in [6, 6.07) is 13.7. The smallest absolute Gasteiger partial charge is 0.330 e. The molecule has 0 radical (unpaired) electrons. The number of nitrogens with zero attached hydrogens (tertiary/aromatic N) is 1. The van der Waals surface area contributed by atoms with Crippen molar-refractivity contribution in [3.05, 3.63) is 70.2 Å². The van der Waals surface area contributed by atoms with Crippen molar-refractivity contribution in [3.8, 4) is 0 Å². The summed E-state index contributed by atoms with van der Waals surface area (Å²) in [5.41, 5.74) is 1.42. The van der Waals surface area contributed by atoms with E-state index in [1.54, 1.807) is 18.2 Å². The summed E-state index contributed by atoms with van der Waals surface area (Å²) in [6.45, 7) is 0. The second kappa shape index (κ2) is 6.84. The van der Waals surface area contributed by atoms with Crippen LogP contribution >= 0.6 is 11.6 Å². The predicted molar refractivity (Wildman–Crippen MR) is 87.4 cm³/mol. The van der Waals surface area contributed by atoms with Gasteiger partial charge in [0.1, 0.15) is 0 Å². The molecule has 0 spiro atoms. The molecular weight excluding hydrogens is 330 g/mol. The molecule has 2 aromatic carbocycles. The Bertz CT molecular complexity index is 783. The van der Waals surface area contributed by atoms with Crippen LogP contribution in [-0.4, -0.2) is 22.8 Å². The number of rotatable bonds is 5. The molecule has 0 atom stereocenters. The molecule has 0 aromatic heterocycles. The van der Waals surface area contributed by atoms with E-state index in [0.29, 0.717) is 22.9 Å². The molecule has 1 aliphatic heterocycles. The lowest BCUT2D eigenvalue weighted by molar-refractivity contribution is -0.168. The fraction of sp³-hybridized carbons (Fsp3) is 0.167. The van der Waals surface area contributed by atoms with E-state index in [1.807, 2.05) is 18.2 Å². The maximum atomic E-state index is 12.1. The number of halogens is 1. The molecule has 0 saturated carbocycles. The number of carbonyl (C=O) groups is 3. The van der Waals surface area contributed by atoms with Gasteiger partial charge in [-0.05, 0) is 36.6 Å². The minimum Gasteiger partial charge on any atom is -0.330 e. The zero-order valence-electron chi connectivity index (χ0n) is 12.7. The van der Waals surface area contributed by atoms with E-state index >= 15 is 0 Å². The number of amides is 2. The molecule has 1 heterocycles. The van der Waals surface area contributed by atoms with Gasteiger partial charge in [-0.1, -0.05) is 47.0 Å². The van der Waals surface area contributed by atoms with Crippen LogP contribution in [-0.2, 0) is 16.1 Å². The van der Waals surface area contributed by atoms with Crippen LogP contribution in [0.25, 0.3) is 0 Å². The normalized spacial score (nSPS) is 13.1. The summed E-state index contributed by atoms with van der Waals surface area (Å²) in [5, 5.41) is 1.17. The van der Waals surface area contributed by atoms with Crippen molar-refractivity contribution in [1.29, 1.82) is 0 Å². The molecule has 2 aromatic rings. The van der Waals surface area contributed by atoms with Crippen LogP contribution in [0.1, 0.15) is 39.1 Å². The van der Waals surface area contributed by atoms with E-state index < -0.39 is 17.8 Å². The van der Waals surface area contributed by atoms with Gasteiger partial charge in [0.05, 0.1) is 11.1 Å². The van der Waals surface area contributed by atoms with Gasteiger partial charge in [0.15, 0.2) is 0 Å². The number of imide groups is 1. The third-order valence-electron chi connectivity index (χ3n) is 3.73. The first-order chi connectivity index (χ1) is 11.6. The lowest BCUT2D eigenvalue weighted by Crippen LogP contribution is -2.32. The van der Waals surface area contributed by atoms with Crippen molar-refractivity contribution in [2.24, 2.45) is 0 Å². The molecule has 6 heteroatoms. The highest BCUT2D eigenvalue weighted by molar-refractivity contribution is 6.31. The summed E-state index contributed by atoms with van der Waals surface area (Å²) in [6.07, 6.45) is 1.20. The van der Waals surface area contributed by atoms with Crippen LogP contribution in [0.2, 0.25) is 5.02 Å². The lowest BCUT2D eigenvalue weighted by atomic mass is 10.1. The van der Waals surface area contributed by atoms with E-state index in [1.165, 1.54) is 12.1 Å². The molecule has 0 aliphatic carbocycles. The van der Waals surface area contributed by atoms with E-state index in [4.69, 9.17) is 16.4 Å². The fourth-order valence-corrected chi connectivity index (χ4v) is 2.75. The van der Waals surface area contributed by atoms with Crippen molar-refractivity contribution >= 4 is 29.4 Å². The first-order valence-corrected chi connectivity index (χ1v) is 7.88. The van der Waals surface area contributed by atoms with Crippen LogP contribution in [0.3, 0.4) is 0 Å². The van der Waals surface area contributed by atoms with Crippen LogP contribution in [0.4, 0.5) is 0 Å². The Labute approximate surface area is 143 Å². The minimum atomic E-state index is -0.628. The molecule has 0 bridgehead atoms.